The Morgan fingerprint density at radius 1 is 0.920 bits per heavy atom. The first-order chi connectivity index (χ1) is 12.1. The van der Waals surface area contributed by atoms with Crippen LogP contribution in [0, 0.1) is 5.41 Å². The Hall–Kier alpha value is -3.35. The van der Waals surface area contributed by atoms with Gasteiger partial charge in [-0.2, -0.15) is 0 Å². The molecule has 0 spiro atoms. The van der Waals surface area contributed by atoms with E-state index in [0.29, 0.717) is 0 Å². The summed E-state index contributed by atoms with van der Waals surface area (Å²) in [5.41, 5.74) is 1.64. The lowest BCUT2D eigenvalue weighted by atomic mass is 10.2. The Morgan fingerprint density at radius 2 is 1.40 bits per heavy atom. The summed E-state index contributed by atoms with van der Waals surface area (Å²) < 4.78 is 10.1. The zero-order valence-electron chi connectivity index (χ0n) is 13.8. The van der Waals surface area contributed by atoms with Gasteiger partial charge in [-0.1, -0.05) is 60.7 Å². The first-order valence-corrected chi connectivity index (χ1v) is 7.57. The van der Waals surface area contributed by atoms with Crippen LogP contribution in [0.1, 0.15) is 11.1 Å². The average Bonchev–Trinajstić information content (AvgIpc) is 2.65. The standard InChI is InChI=1S/C18H19N3O4/c1-21(18(23)25-13-15-10-6-3-7-11-15)16(19)20-17(22)24-12-14-8-4-2-5-9-14/h2-11H,12-13H2,1H3,(H2,19,20,22). The molecule has 2 rings (SSSR count). The van der Waals surface area contributed by atoms with Crippen LogP contribution in [0.2, 0.25) is 0 Å². The average molecular weight is 341 g/mol. The van der Waals surface area contributed by atoms with E-state index < -0.39 is 18.1 Å². The molecule has 0 heterocycles. The van der Waals surface area contributed by atoms with Crippen LogP contribution in [-0.4, -0.2) is 30.1 Å². The Labute approximate surface area is 145 Å². The molecule has 2 amide bonds. The Balaban J connectivity index is 1.74. The van der Waals surface area contributed by atoms with Crippen molar-refractivity contribution >= 4 is 18.1 Å². The lowest BCUT2D eigenvalue weighted by Gasteiger charge is -2.18. The highest BCUT2D eigenvalue weighted by Crippen LogP contribution is 2.03. The van der Waals surface area contributed by atoms with E-state index in [9.17, 15) is 9.59 Å². The number of ether oxygens (including phenoxy) is 2. The summed E-state index contributed by atoms with van der Waals surface area (Å²) in [6, 6.07) is 18.3. The minimum absolute atomic E-state index is 0.0715. The van der Waals surface area contributed by atoms with Crippen LogP contribution in [0.15, 0.2) is 60.7 Å². The van der Waals surface area contributed by atoms with Gasteiger partial charge in [0, 0.05) is 7.05 Å². The molecular weight excluding hydrogens is 322 g/mol. The molecule has 0 saturated heterocycles. The molecule has 0 saturated carbocycles. The maximum absolute atomic E-state index is 11.9. The minimum Gasteiger partial charge on any atom is -0.444 e. The fourth-order valence-electron chi connectivity index (χ4n) is 1.85. The molecule has 2 N–H and O–H groups in total. The fourth-order valence-corrected chi connectivity index (χ4v) is 1.85. The van der Waals surface area contributed by atoms with E-state index in [1.165, 1.54) is 7.05 Å². The SMILES string of the molecule is CN(C(=N)NC(=O)OCc1ccccc1)C(=O)OCc1ccccc1. The number of nitrogens with zero attached hydrogens (tertiary/aromatic N) is 1. The van der Waals surface area contributed by atoms with E-state index in [-0.39, 0.29) is 13.2 Å². The molecule has 7 nitrogen and oxygen atoms in total. The second-order valence-electron chi connectivity index (χ2n) is 5.13. The second kappa shape index (κ2) is 9.07. The summed E-state index contributed by atoms with van der Waals surface area (Å²) in [4.78, 5) is 24.5. The molecule has 130 valence electrons. The number of carbonyl (C=O) groups excluding carboxylic acids is 2. The van der Waals surface area contributed by atoms with Crippen LogP contribution >= 0.6 is 0 Å². The molecule has 0 radical (unpaired) electrons. The van der Waals surface area contributed by atoms with Gasteiger partial charge in [0.15, 0.2) is 0 Å². The van der Waals surface area contributed by atoms with Crippen LogP contribution in [0.5, 0.6) is 0 Å². The van der Waals surface area contributed by atoms with Gasteiger partial charge in [0.2, 0.25) is 5.96 Å². The Bertz CT molecular complexity index is 720. The van der Waals surface area contributed by atoms with Gasteiger partial charge in [-0.15, -0.1) is 0 Å². The monoisotopic (exact) mass is 341 g/mol. The summed E-state index contributed by atoms with van der Waals surface area (Å²) in [6.07, 6.45) is -1.58. The van der Waals surface area contributed by atoms with Crippen LogP contribution in [0.25, 0.3) is 0 Å². The van der Waals surface area contributed by atoms with Gasteiger partial charge in [-0.25, -0.2) is 9.59 Å². The summed E-state index contributed by atoms with van der Waals surface area (Å²) in [6.45, 7) is 0.151. The van der Waals surface area contributed by atoms with E-state index >= 15 is 0 Å². The van der Waals surface area contributed by atoms with Crippen LogP contribution in [0.3, 0.4) is 0 Å². The van der Waals surface area contributed by atoms with Crippen molar-refractivity contribution in [3.05, 3.63) is 71.8 Å². The van der Waals surface area contributed by atoms with Gasteiger partial charge in [0.25, 0.3) is 0 Å². The number of carbonyl (C=O) groups is 2. The molecule has 0 aliphatic rings. The van der Waals surface area contributed by atoms with Gasteiger partial charge in [0.05, 0.1) is 0 Å². The van der Waals surface area contributed by atoms with E-state index in [2.05, 4.69) is 5.32 Å². The third-order valence-corrected chi connectivity index (χ3v) is 3.25. The van der Waals surface area contributed by atoms with E-state index in [4.69, 9.17) is 14.9 Å². The van der Waals surface area contributed by atoms with Gasteiger partial charge in [0.1, 0.15) is 13.2 Å². The predicted molar refractivity (Wildman–Crippen MR) is 91.9 cm³/mol. The van der Waals surface area contributed by atoms with Crippen molar-refractivity contribution in [2.24, 2.45) is 0 Å². The topological polar surface area (TPSA) is 91.7 Å². The van der Waals surface area contributed by atoms with Crippen molar-refractivity contribution in [2.45, 2.75) is 13.2 Å². The highest BCUT2D eigenvalue weighted by Gasteiger charge is 2.17. The molecule has 0 aliphatic carbocycles. The predicted octanol–water partition coefficient (Wildman–Crippen LogP) is 3.12. The van der Waals surface area contributed by atoms with Gasteiger partial charge in [-0.05, 0) is 11.1 Å². The number of benzene rings is 2. The normalized spacial score (nSPS) is 9.80. The van der Waals surface area contributed by atoms with Crippen molar-refractivity contribution in [3.8, 4) is 0 Å². The maximum atomic E-state index is 11.9. The van der Waals surface area contributed by atoms with Crippen molar-refractivity contribution in [1.82, 2.24) is 10.2 Å². The zero-order chi connectivity index (χ0) is 18.1. The third-order valence-electron chi connectivity index (χ3n) is 3.25. The molecule has 25 heavy (non-hydrogen) atoms. The number of rotatable bonds is 4. The molecule has 0 atom stereocenters. The number of nitrogens with one attached hydrogen (secondary N) is 2. The van der Waals surface area contributed by atoms with Crippen molar-refractivity contribution < 1.29 is 19.1 Å². The molecule has 2 aromatic carbocycles. The summed E-state index contributed by atoms with van der Waals surface area (Å²) in [7, 11) is 1.33. The van der Waals surface area contributed by atoms with E-state index in [1.54, 1.807) is 0 Å². The lowest BCUT2D eigenvalue weighted by molar-refractivity contribution is 0.119. The summed E-state index contributed by atoms with van der Waals surface area (Å²) in [5, 5.41) is 9.91. The van der Waals surface area contributed by atoms with Crippen molar-refractivity contribution in [3.63, 3.8) is 0 Å². The highest BCUT2D eigenvalue weighted by atomic mass is 16.6. The van der Waals surface area contributed by atoms with Crippen LogP contribution in [0.4, 0.5) is 9.59 Å². The molecular formula is C18H19N3O4. The quantitative estimate of drug-likeness (QED) is 0.660. The van der Waals surface area contributed by atoms with Crippen LogP contribution in [-0.2, 0) is 22.7 Å². The summed E-state index contributed by atoms with van der Waals surface area (Å²) in [5.74, 6) is -0.434. The Morgan fingerprint density at radius 3 is 1.92 bits per heavy atom. The number of alkyl carbamates (subject to hydrolysis) is 1. The number of amides is 2. The zero-order valence-corrected chi connectivity index (χ0v) is 13.8. The molecule has 0 aliphatic heterocycles. The fraction of sp³-hybridized carbons (Fsp3) is 0.167. The smallest absolute Gasteiger partial charge is 0.416 e. The molecule has 0 bridgehead atoms. The molecule has 0 unspecified atom stereocenters. The Kier molecular flexibility index (Phi) is 6.53. The second-order valence-corrected chi connectivity index (χ2v) is 5.13. The van der Waals surface area contributed by atoms with Crippen molar-refractivity contribution in [2.75, 3.05) is 7.05 Å². The van der Waals surface area contributed by atoms with Crippen LogP contribution < -0.4 is 5.32 Å². The highest BCUT2D eigenvalue weighted by molar-refractivity contribution is 5.99. The maximum Gasteiger partial charge on any atom is 0.416 e. The van der Waals surface area contributed by atoms with Gasteiger partial charge >= 0.3 is 12.2 Å². The molecule has 0 fully saturated rings. The molecule has 2 aromatic rings. The van der Waals surface area contributed by atoms with Gasteiger partial charge < -0.3 is 9.47 Å². The third kappa shape index (κ3) is 5.98. The summed E-state index contributed by atoms with van der Waals surface area (Å²) >= 11 is 0. The number of hydrogen-bond acceptors (Lipinski definition) is 5. The van der Waals surface area contributed by atoms with E-state index in [1.807, 2.05) is 60.7 Å². The molecule has 0 aromatic heterocycles. The van der Waals surface area contributed by atoms with E-state index in [0.717, 1.165) is 16.0 Å². The minimum atomic E-state index is -0.823. The van der Waals surface area contributed by atoms with Gasteiger partial charge in [-0.3, -0.25) is 15.6 Å². The number of hydrogen-bond donors (Lipinski definition) is 2. The first kappa shape index (κ1) is 18.0. The molecule has 7 heteroatoms. The largest absolute Gasteiger partial charge is 0.444 e. The number of guanidine groups is 1. The lowest BCUT2D eigenvalue weighted by Crippen LogP contribution is -2.44. The first-order valence-electron chi connectivity index (χ1n) is 7.57. The van der Waals surface area contributed by atoms with Crippen molar-refractivity contribution in [1.29, 1.82) is 5.41 Å².